The van der Waals surface area contributed by atoms with Gasteiger partial charge in [0, 0.05) is 6.42 Å². The lowest BCUT2D eigenvalue weighted by Gasteiger charge is -2.08. The van der Waals surface area contributed by atoms with Crippen LogP contribution in [0.25, 0.3) is 0 Å². The minimum atomic E-state index is -0.550. The average molecular weight is 390 g/mol. The first-order valence-electron chi connectivity index (χ1n) is 7.80. The molecule has 6 nitrogen and oxygen atoms in total. The number of rotatable bonds is 5. The van der Waals surface area contributed by atoms with Crippen molar-refractivity contribution in [3.05, 3.63) is 53.6 Å². The van der Waals surface area contributed by atoms with E-state index in [0.29, 0.717) is 27.3 Å². The Labute approximate surface area is 160 Å². The molecule has 1 heterocycles. The number of amides is 2. The van der Waals surface area contributed by atoms with Gasteiger partial charge in [-0.1, -0.05) is 47.6 Å². The molecule has 0 radical (unpaired) electrons. The highest BCUT2D eigenvalue weighted by Crippen LogP contribution is 2.31. The predicted molar refractivity (Wildman–Crippen MR) is 104 cm³/mol. The van der Waals surface area contributed by atoms with Gasteiger partial charge in [0.2, 0.25) is 11.8 Å². The van der Waals surface area contributed by atoms with Crippen molar-refractivity contribution in [1.29, 1.82) is 0 Å². The van der Waals surface area contributed by atoms with Gasteiger partial charge >= 0.3 is 0 Å². The maximum atomic E-state index is 12.2. The SMILES string of the molecule is COc1ccccc1N=C1NC(=O)[C@H](CC(=O)Nc2ccccc2Cl)S1. The molecule has 1 aliphatic rings. The van der Waals surface area contributed by atoms with E-state index in [2.05, 4.69) is 15.6 Å². The summed E-state index contributed by atoms with van der Waals surface area (Å²) in [5.74, 6) is 0.0667. The molecule has 2 amide bonds. The minimum Gasteiger partial charge on any atom is -0.494 e. The maximum Gasteiger partial charge on any atom is 0.240 e. The molecular formula is C18H16ClN3O3S. The number of carbonyl (C=O) groups is 2. The normalized spacial score (nSPS) is 17.8. The van der Waals surface area contributed by atoms with Crippen LogP contribution in [0, 0.1) is 0 Å². The molecule has 0 spiro atoms. The Bertz CT molecular complexity index is 872. The van der Waals surface area contributed by atoms with Crippen molar-refractivity contribution in [2.75, 3.05) is 12.4 Å². The first kappa shape index (κ1) is 18.3. The molecule has 2 aromatic rings. The molecule has 0 aromatic heterocycles. The summed E-state index contributed by atoms with van der Waals surface area (Å²) in [6.07, 6.45) is 0.0205. The van der Waals surface area contributed by atoms with Crippen molar-refractivity contribution in [2.24, 2.45) is 4.99 Å². The van der Waals surface area contributed by atoms with Crippen molar-refractivity contribution >= 4 is 51.7 Å². The number of hydrogen-bond donors (Lipinski definition) is 2. The largest absolute Gasteiger partial charge is 0.494 e. The van der Waals surface area contributed by atoms with Gasteiger partial charge in [-0.3, -0.25) is 9.59 Å². The Morgan fingerprint density at radius 1 is 1.27 bits per heavy atom. The Morgan fingerprint density at radius 3 is 2.77 bits per heavy atom. The van der Waals surface area contributed by atoms with E-state index in [1.807, 2.05) is 12.1 Å². The highest BCUT2D eigenvalue weighted by molar-refractivity contribution is 8.15. The summed E-state index contributed by atoms with van der Waals surface area (Å²) in [5.41, 5.74) is 1.13. The molecule has 1 fully saturated rings. The highest BCUT2D eigenvalue weighted by Gasteiger charge is 2.32. The number of amidine groups is 1. The van der Waals surface area contributed by atoms with E-state index in [4.69, 9.17) is 16.3 Å². The van der Waals surface area contributed by atoms with Crippen LogP contribution in [0.3, 0.4) is 0 Å². The third-order valence-corrected chi connectivity index (χ3v) is 5.01. The number of thioether (sulfide) groups is 1. The second-order valence-corrected chi connectivity index (χ2v) is 7.02. The van der Waals surface area contributed by atoms with Gasteiger partial charge in [0.1, 0.15) is 16.7 Å². The predicted octanol–water partition coefficient (Wildman–Crippen LogP) is 3.60. The second kappa shape index (κ2) is 8.25. The van der Waals surface area contributed by atoms with E-state index in [-0.39, 0.29) is 18.2 Å². The number of methoxy groups -OCH3 is 1. The number of benzene rings is 2. The zero-order chi connectivity index (χ0) is 18.5. The van der Waals surface area contributed by atoms with Crippen LogP contribution in [0.2, 0.25) is 5.02 Å². The fourth-order valence-corrected chi connectivity index (χ4v) is 3.52. The Hall–Kier alpha value is -2.51. The van der Waals surface area contributed by atoms with Gasteiger partial charge in [-0.05, 0) is 24.3 Å². The summed E-state index contributed by atoms with van der Waals surface area (Å²) in [5, 5.41) is 5.75. The molecule has 0 bridgehead atoms. The van der Waals surface area contributed by atoms with Gasteiger partial charge in [0.15, 0.2) is 5.17 Å². The standard InChI is InChI=1S/C18H16ClN3O3S/c1-25-14-9-5-4-8-13(14)21-18-22-17(24)15(26-18)10-16(23)20-12-7-3-2-6-11(12)19/h2-9,15H,10H2,1H3,(H,20,23)(H,21,22,24)/t15-/m0/s1. The lowest BCUT2D eigenvalue weighted by molar-refractivity contribution is -0.122. The number of nitrogens with one attached hydrogen (secondary N) is 2. The Morgan fingerprint density at radius 2 is 2.00 bits per heavy atom. The molecule has 8 heteroatoms. The van der Waals surface area contributed by atoms with Crippen LogP contribution >= 0.6 is 23.4 Å². The van der Waals surface area contributed by atoms with E-state index in [0.717, 1.165) is 0 Å². The summed E-state index contributed by atoms with van der Waals surface area (Å²) >= 11 is 7.24. The van der Waals surface area contributed by atoms with Crippen LogP contribution in [0.5, 0.6) is 5.75 Å². The first-order chi connectivity index (χ1) is 12.6. The van der Waals surface area contributed by atoms with E-state index < -0.39 is 5.25 Å². The topological polar surface area (TPSA) is 79.8 Å². The zero-order valence-corrected chi connectivity index (χ0v) is 15.4. The van der Waals surface area contributed by atoms with Crippen molar-refractivity contribution < 1.29 is 14.3 Å². The van der Waals surface area contributed by atoms with Gasteiger partial charge in [-0.2, -0.15) is 0 Å². The summed E-state index contributed by atoms with van der Waals surface area (Å²) < 4.78 is 5.25. The van der Waals surface area contributed by atoms with Crippen molar-refractivity contribution in [3.63, 3.8) is 0 Å². The highest BCUT2D eigenvalue weighted by atomic mass is 35.5. The van der Waals surface area contributed by atoms with Gasteiger partial charge in [0.05, 0.1) is 17.8 Å². The molecule has 0 saturated carbocycles. The lowest BCUT2D eigenvalue weighted by atomic mass is 10.2. The third kappa shape index (κ3) is 4.36. The second-order valence-electron chi connectivity index (χ2n) is 5.42. The Balaban J connectivity index is 1.65. The van der Waals surface area contributed by atoms with Gasteiger partial charge in [0.25, 0.3) is 0 Å². The molecule has 1 saturated heterocycles. The average Bonchev–Trinajstić information content (AvgIpc) is 2.96. The number of hydrogen-bond acceptors (Lipinski definition) is 5. The molecule has 3 rings (SSSR count). The third-order valence-electron chi connectivity index (χ3n) is 3.60. The van der Waals surface area contributed by atoms with Crippen LogP contribution in [0.1, 0.15) is 6.42 Å². The summed E-state index contributed by atoms with van der Waals surface area (Å²) in [6, 6.07) is 14.2. The van der Waals surface area contributed by atoms with E-state index >= 15 is 0 Å². The summed E-state index contributed by atoms with van der Waals surface area (Å²) in [4.78, 5) is 28.7. The monoisotopic (exact) mass is 389 g/mol. The fraction of sp³-hybridized carbons (Fsp3) is 0.167. The summed E-state index contributed by atoms with van der Waals surface area (Å²) in [7, 11) is 1.56. The maximum absolute atomic E-state index is 12.2. The van der Waals surface area contributed by atoms with Gasteiger partial charge in [-0.15, -0.1) is 0 Å². The number of aliphatic imine (C=N–C) groups is 1. The van der Waals surface area contributed by atoms with Crippen molar-refractivity contribution in [1.82, 2.24) is 5.32 Å². The molecule has 134 valence electrons. The molecule has 1 atom stereocenters. The molecule has 2 N–H and O–H groups in total. The zero-order valence-electron chi connectivity index (χ0n) is 13.9. The van der Waals surface area contributed by atoms with Gasteiger partial charge in [-0.25, -0.2) is 4.99 Å². The molecule has 0 unspecified atom stereocenters. The van der Waals surface area contributed by atoms with E-state index in [1.54, 1.807) is 43.5 Å². The number of carbonyl (C=O) groups excluding carboxylic acids is 2. The number of para-hydroxylation sites is 3. The van der Waals surface area contributed by atoms with E-state index in [1.165, 1.54) is 11.8 Å². The number of nitrogens with zero attached hydrogens (tertiary/aromatic N) is 1. The number of halogens is 1. The smallest absolute Gasteiger partial charge is 0.240 e. The number of anilines is 1. The summed E-state index contributed by atoms with van der Waals surface area (Å²) in [6.45, 7) is 0. The lowest BCUT2D eigenvalue weighted by Crippen LogP contribution is -2.28. The molecule has 2 aromatic carbocycles. The first-order valence-corrected chi connectivity index (χ1v) is 9.06. The van der Waals surface area contributed by atoms with Crippen LogP contribution < -0.4 is 15.4 Å². The van der Waals surface area contributed by atoms with E-state index in [9.17, 15) is 9.59 Å². The molecule has 26 heavy (non-hydrogen) atoms. The van der Waals surface area contributed by atoms with Crippen molar-refractivity contribution in [2.45, 2.75) is 11.7 Å². The van der Waals surface area contributed by atoms with Crippen molar-refractivity contribution in [3.8, 4) is 5.75 Å². The van der Waals surface area contributed by atoms with Crippen LogP contribution in [-0.2, 0) is 9.59 Å². The number of ether oxygens (including phenoxy) is 1. The fourth-order valence-electron chi connectivity index (χ4n) is 2.36. The minimum absolute atomic E-state index is 0.0205. The van der Waals surface area contributed by atoms with Gasteiger partial charge < -0.3 is 15.4 Å². The molecule has 1 aliphatic heterocycles. The molecular weight excluding hydrogens is 374 g/mol. The van der Waals surface area contributed by atoms with Crippen LogP contribution in [-0.4, -0.2) is 29.3 Å². The molecule has 0 aliphatic carbocycles. The van der Waals surface area contributed by atoms with Crippen LogP contribution in [0.15, 0.2) is 53.5 Å². The Kier molecular flexibility index (Phi) is 5.80. The van der Waals surface area contributed by atoms with Crippen LogP contribution in [0.4, 0.5) is 11.4 Å². The quantitative estimate of drug-likeness (QED) is 0.818.